The first-order chi connectivity index (χ1) is 12.8. The summed E-state index contributed by atoms with van der Waals surface area (Å²) >= 11 is 1.45. The van der Waals surface area contributed by atoms with Gasteiger partial charge in [0, 0.05) is 38.2 Å². The number of likely N-dealkylation sites (tertiary alicyclic amines) is 1. The zero-order valence-electron chi connectivity index (χ0n) is 15.1. The number of aromatic nitrogens is 4. The summed E-state index contributed by atoms with van der Waals surface area (Å²) in [5, 5.41) is 9.39. The number of carbonyl (C=O) groups excluding carboxylic acids is 1. The minimum Gasteiger partial charge on any atom is -0.383 e. The predicted molar refractivity (Wildman–Crippen MR) is 101 cm³/mol. The van der Waals surface area contributed by atoms with E-state index in [4.69, 9.17) is 4.74 Å². The van der Waals surface area contributed by atoms with Gasteiger partial charge < -0.3 is 9.64 Å². The number of hydrogen-bond donors (Lipinski definition) is 0. The van der Waals surface area contributed by atoms with Gasteiger partial charge in [-0.1, -0.05) is 24.6 Å². The highest BCUT2D eigenvalue weighted by Crippen LogP contribution is 2.24. The first-order valence-corrected chi connectivity index (χ1v) is 10.0. The molecule has 2 aromatic rings. The van der Waals surface area contributed by atoms with Gasteiger partial charge in [-0.25, -0.2) is 0 Å². The van der Waals surface area contributed by atoms with E-state index in [0.29, 0.717) is 18.9 Å². The minimum absolute atomic E-state index is 0.184. The summed E-state index contributed by atoms with van der Waals surface area (Å²) in [6, 6.07) is 3.81. The number of ether oxygens (including phenoxy) is 1. The van der Waals surface area contributed by atoms with Gasteiger partial charge in [0.1, 0.15) is 0 Å². The number of rotatable bonds is 7. The lowest BCUT2D eigenvalue weighted by Crippen LogP contribution is -2.33. The van der Waals surface area contributed by atoms with Crippen LogP contribution in [0.4, 0.5) is 0 Å². The normalized spacial score (nSPS) is 15.0. The monoisotopic (exact) mass is 375 g/mol. The number of pyridine rings is 1. The van der Waals surface area contributed by atoms with Gasteiger partial charge in [0.15, 0.2) is 11.0 Å². The van der Waals surface area contributed by atoms with Gasteiger partial charge in [-0.05, 0) is 25.0 Å². The molecule has 140 valence electrons. The molecule has 0 unspecified atom stereocenters. The summed E-state index contributed by atoms with van der Waals surface area (Å²) in [7, 11) is 1.67. The van der Waals surface area contributed by atoms with Gasteiger partial charge in [0.05, 0.1) is 18.9 Å². The quantitative estimate of drug-likeness (QED) is 0.692. The van der Waals surface area contributed by atoms with E-state index in [9.17, 15) is 4.79 Å². The summed E-state index contributed by atoms with van der Waals surface area (Å²) in [5.41, 5.74) is 0.953. The van der Waals surface area contributed by atoms with Crippen LogP contribution in [0.5, 0.6) is 0 Å². The van der Waals surface area contributed by atoms with Crippen LogP contribution >= 0.6 is 11.8 Å². The van der Waals surface area contributed by atoms with Crippen molar-refractivity contribution in [3.63, 3.8) is 0 Å². The van der Waals surface area contributed by atoms with Crippen LogP contribution in [0.15, 0.2) is 29.7 Å². The van der Waals surface area contributed by atoms with E-state index in [-0.39, 0.29) is 5.91 Å². The van der Waals surface area contributed by atoms with Crippen molar-refractivity contribution in [2.75, 3.05) is 32.6 Å². The largest absolute Gasteiger partial charge is 0.383 e. The Balaban J connectivity index is 1.70. The minimum atomic E-state index is 0.184. The molecule has 0 atom stereocenters. The molecule has 0 aliphatic carbocycles. The zero-order chi connectivity index (χ0) is 18.2. The second-order valence-corrected chi connectivity index (χ2v) is 7.21. The third-order valence-electron chi connectivity index (χ3n) is 4.46. The first-order valence-electron chi connectivity index (χ1n) is 9.02. The highest BCUT2D eigenvalue weighted by molar-refractivity contribution is 7.99. The van der Waals surface area contributed by atoms with Crippen LogP contribution in [-0.2, 0) is 16.1 Å². The van der Waals surface area contributed by atoms with Crippen LogP contribution in [-0.4, -0.2) is 63.1 Å². The van der Waals surface area contributed by atoms with E-state index in [1.54, 1.807) is 19.5 Å². The summed E-state index contributed by atoms with van der Waals surface area (Å²) in [4.78, 5) is 18.6. The van der Waals surface area contributed by atoms with Crippen molar-refractivity contribution in [3.05, 3.63) is 24.5 Å². The molecule has 1 aliphatic rings. The first kappa shape index (κ1) is 18.8. The molecule has 1 fully saturated rings. The van der Waals surface area contributed by atoms with Gasteiger partial charge in [0.2, 0.25) is 5.91 Å². The van der Waals surface area contributed by atoms with Crippen LogP contribution in [0.1, 0.15) is 25.7 Å². The van der Waals surface area contributed by atoms with Crippen LogP contribution < -0.4 is 0 Å². The number of carbonyl (C=O) groups is 1. The van der Waals surface area contributed by atoms with E-state index in [1.807, 2.05) is 21.6 Å². The van der Waals surface area contributed by atoms with Crippen molar-refractivity contribution in [2.45, 2.75) is 37.4 Å². The van der Waals surface area contributed by atoms with Crippen LogP contribution in [0.3, 0.4) is 0 Å². The molecular formula is C18H25N5O2S. The molecule has 0 aromatic carbocycles. The second-order valence-electron chi connectivity index (χ2n) is 6.27. The van der Waals surface area contributed by atoms with Crippen molar-refractivity contribution in [2.24, 2.45) is 0 Å². The maximum absolute atomic E-state index is 12.5. The lowest BCUT2D eigenvalue weighted by Gasteiger charge is -2.19. The van der Waals surface area contributed by atoms with Crippen LogP contribution in [0, 0.1) is 0 Å². The highest BCUT2D eigenvalue weighted by Gasteiger charge is 2.19. The van der Waals surface area contributed by atoms with Gasteiger partial charge in [-0.15, -0.1) is 10.2 Å². The molecule has 0 N–H and O–H groups in total. The topological polar surface area (TPSA) is 73.1 Å². The Kier molecular flexibility index (Phi) is 7.02. The maximum Gasteiger partial charge on any atom is 0.233 e. The average molecular weight is 375 g/mol. The molecule has 1 saturated heterocycles. The fraction of sp³-hybridized carbons (Fsp3) is 0.556. The van der Waals surface area contributed by atoms with Crippen molar-refractivity contribution in [1.29, 1.82) is 0 Å². The van der Waals surface area contributed by atoms with Gasteiger partial charge in [0.25, 0.3) is 0 Å². The van der Waals surface area contributed by atoms with Gasteiger partial charge in [-0.3, -0.25) is 14.3 Å². The highest BCUT2D eigenvalue weighted by atomic mass is 32.2. The maximum atomic E-state index is 12.5. The Bertz CT molecular complexity index is 699. The number of amides is 1. The number of hydrogen-bond acceptors (Lipinski definition) is 6. The third-order valence-corrected chi connectivity index (χ3v) is 5.41. The molecule has 0 bridgehead atoms. The standard InChI is InChI=1S/C18H25N5O2S/c1-25-13-12-23-17(15-6-8-19-9-7-15)20-21-18(23)26-14-16(24)22-10-4-2-3-5-11-22/h6-9H,2-5,10-14H2,1H3. The Hall–Kier alpha value is -1.93. The van der Waals surface area contributed by atoms with Crippen molar-refractivity contribution < 1.29 is 9.53 Å². The smallest absolute Gasteiger partial charge is 0.233 e. The second kappa shape index (κ2) is 9.68. The molecule has 1 amide bonds. The van der Waals surface area contributed by atoms with Crippen molar-refractivity contribution >= 4 is 17.7 Å². The lowest BCUT2D eigenvalue weighted by molar-refractivity contribution is -0.128. The Morgan fingerprint density at radius 2 is 1.88 bits per heavy atom. The third kappa shape index (κ3) is 4.82. The van der Waals surface area contributed by atoms with E-state index in [0.717, 1.165) is 42.5 Å². The van der Waals surface area contributed by atoms with Gasteiger partial charge in [-0.2, -0.15) is 0 Å². The SMILES string of the molecule is COCCn1c(SCC(=O)N2CCCCCC2)nnc1-c1ccncc1. The van der Waals surface area contributed by atoms with Gasteiger partial charge >= 0.3 is 0 Å². The molecule has 1 aliphatic heterocycles. The molecule has 26 heavy (non-hydrogen) atoms. The zero-order valence-corrected chi connectivity index (χ0v) is 16.0. The molecule has 0 radical (unpaired) electrons. The molecule has 3 rings (SSSR count). The van der Waals surface area contributed by atoms with E-state index in [2.05, 4.69) is 15.2 Å². The molecule has 3 heterocycles. The number of methoxy groups -OCH3 is 1. The molecular weight excluding hydrogens is 350 g/mol. The van der Waals surface area contributed by atoms with E-state index < -0.39 is 0 Å². The number of nitrogens with zero attached hydrogens (tertiary/aromatic N) is 5. The van der Waals surface area contributed by atoms with E-state index >= 15 is 0 Å². The van der Waals surface area contributed by atoms with Crippen molar-refractivity contribution in [3.8, 4) is 11.4 Å². The Morgan fingerprint density at radius 3 is 2.58 bits per heavy atom. The Labute approximate surface area is 158 Å². The lowest BCUT2D eigenvalue weighted by atomic mass is 10.2. The summed E-state index contributed by atoms with van der Waals surface area (Å²) < 4.78 is 7.24. The summed E-state index contributed by atoms with van der Waals surface area (Å²) in [5.74, 6) is 1.35. The molecule has 7 nitrogen and oxygen atoms in total. The average Bonchev–Trinajstić information content (AvgIpc) is 2.88. The summed E-state index contributed by atoms with van der Waals surface area (Å²) in [6.45, 7) is 2.95. The summed E-state index contributed by atoms with van der Waals surface area (Å²) in [6.07, 6.45) is 8.12. The molecule has 0 saturated carbocycles. The molecule has 8 heteroatoms. The van der Waals surface area contributed by atoms with Crippen molar-refractivity contribution in [1.82, 2.24) is 24.6 Å². The van der Waals surface area contributed by atoms with Crippen LogP contribution in [0.25, 0.3) is 11.4 Å². The molecule has 2 aromatic heterocycles. The predicted octanol–water partition coefficient (Wildman–Crippen LogP) is 2.48. The molecule has 0 spiro atoms. The van der Waals surface area contributed by atoms with Crippen LogP contribution in [0.2, 0.25) is 0 Å². The fourth-order valence-electron chi connectivity index (χ4n) is 3.03. The van der Waals surface area contributed by atoms with E-state index in [1.165, 1.54) is 24.6 Å². The fourth-order valence-corrected chi connectivity index (χ4v) is 3.90. The Morgan fingerprint density at radius 1 is 1.15 bits per heavy atom. The number of thioether (sulfide) groups is 1.